The molecule has 6 nitrogen and oxygen atoms in total. The van der Waals surface area contributed by atoms with Gasteiger partial charge in [-0.15, -0.1) is 0 Å². The molecule has 0 fully saturated rings. The molecule has 1 heterocycles. The van der Waals surface area contributed by atoms with Crippen molar-refractivity contribution in [2.75, 3.05) is 24.7 Å². The molecule has 0 aliphatic carbocycles. The normalized spacial score (nSPS) is 10.2. The molecule has 2 rings (SSSR count). The van der Waals surface area contributed by atoms with E-state index in [9.17, 15) is 0 Å². The maximum absolute atomic E-state index is 5.57. The quantitative estimate of drug-likeness (QED) is 0.803. The van der Waals surface area contributed by atoms with Crippen LogP contribution in [0.1, 0.15) is 5.89 Å². The lowest BCUT2D eigenvalue weighted by Crippen LogP contribution is -2.10. The van der Waals surface area contributed by atoms with Crippen molar-refractivity contribution in [2.45, 2.75) is 6.61 Å². The number of anilines is 2. The van der Waals surface area contributed by atoms with E-state index in [0.29, 0.717) is 23.3 Å². The van der Waals surface area contributed by atoms with Crippen molar-refractivity contribution in [1.29, 1.82) is 0 Å². The first-order valence-electron chi connectivity index (χ1n) is 5.13. The molecule has 17 heavy (non-hydrogen) atoms. The molecule has 0 amide bonds. The van der Waals surface area contributed by atoms with Crippen LogP contribution >= 0.6 is 0 Å². The average Bonchev–Trinajstić information content (AvgIpc) is 2.77. The van der Waals surface area contributed by atoms with E-state index >= 15 is 0 Å². The Balaban J connectivity index is 1.95. The molecule has 0 atom stereocenters. The summed E-state index contributed by atoms with van der Waals surface area (Å²) in [5.74, 6) is 1.68. The van der Waals surface area contributed by atoms with Crippen LogP contribution in [-0.2, 0) is 6.61 Å². The second kappa shape index (κ2) is 4.73. The van der Waals surface area contributed by atoms with E-state index in [1.165, 1.54) is 0 Å². The maximum Gasteiger partial charge on any atom is 0.266 e. The largest absolute Gasteiger partial charge is 0.484 e. The smallest absolute Gasteiger partial charge is 0.266 e. The third-order valence-corrected chi connectivity index (χ3v) is 2.10. The van der Waals surface area contributed by atoms with Crippen molar-refractivity contribution >= 4 is 11.6 Å². The molecular weight excluding hydrogens is 220 g/mol. The molecule has 0 saturated carbocycles. The molecule has 1 aromatic heterocycles. The Morgan fingerprint density at radius 3 is 2.59 bits per heavy atom. The number of nitrogen functional groups attached to an aromatic ring is 1. The van der Waals surface area contributed by atoms with Crippen LogP contribution < -0.4 is 15.4 Å². The van der Waals surface area contributed by atoms with Crippen LogP contribution in [0, 0.1) is 0 Å². The zero-order chi connectivity index (χ0) is 12.3. The minimum absolute atomic E-state index is 0.241. The lowest BCUT2D eigenvalue weighted by Gasteiger charge is -2.03. The van der Waals surface area contributed by atoms with E-state index in [1.807, 2.05) is 14.1 Å². The highest BCUT2D eigenvalue weighted by atomic mass is 16.5. The third kappa shape index (κ3) is 2.87. The summed E-state index contributed by atoms with van der Waals surface area (Å²) in [5, 5.41) is 3.78. The van der Waals surface area contributed by atoms with Gasteiger partial charge in [0.05, 0.1) is 0 Å². The molecule has 0 aliphatic heterocycles. The van der Waals surface area contributed by atoms with Crippen LogP contribution in [0.15, 0.2) is 28.8 Å². The van der Waals surface area contributed by atoms with Crippen molar-refractivity contribution in [3.8, 4) is 5.75 Å². The molecule has 0 radical (unpaired) electrons. The highest BCUT2D eigenvalue weighted by molar-refractivity contribution is 5.41. The van der Waals surface area contributed by atoms with Gasteiger partial charge < -0.3 is 19.9 Å². The van der Waals surface area contributed by atoms with Crippen LogP contribution in [0.4, 0.5) is 11.6 Å². The summed E-state index contributed by atoms with van der Waals surface area (Å²) in [4.78, 5) is 5.90. The first kappa shape index (κ1) is 11.3. The van der Waals surface area contributed by atoms with Gasteiger partial charge in [0.15, 0.2) is 6.61 Å². The van der Waals surface area contributed by atoms with E-state index < -0.39 is 0 Å². The summed E-state index contributed by atoms with van der Waals surface area (Å²) in [7, 11) is 3.69. The van der Waals surface area contributed by atoms with Crippen molar-refractivity contribution in [1.82, 2.24) is 10.1 Å². The summed E-state index contributed by atoms with van der Waals surface area (Å²) in [6.45, 7) is 0.241. The molecule has 0 saturated heterocycles. The molecule has 0 unspecified atom stereocenters. The molecule has 0 aliphatic rings. The SMILES string of the molecule is CN(C)c1noc(COc2ccc(N)cc2)n1. The summed E-state index contributed by atoms with van der Waals surface area (Å²) in [5.41, 5.74) is 6.27. The van der Waals surface area contributed by atoms with E-state index in [-0.39, 0.29) is 6.61 Å². The molecule has 2 aromatic rings. The fourth-order valence-electron chi connectivity index (χ4n) is 1.20. The first-order chi connectivity index (χ1) is 8.15. The zero-order valence-corrected chi connectivity index (χ0v) is 9.75. The summed E-state index contributed by atoms with van der Waals surface area (Å²) < 4.78 is 10.5. The second-order valence-electron chi connectivity index (χ2n) is 3.74. The summed E-state index contributed by atoms with van der Waals surface area (Å²) >= 11 is 0. The van der Waals surface area contributed by atoms with E-state index in [4.69, 9.17) is 15.0 Å². The monoisotopic (exact) mass is 234 g/mol. The molecule has 6 heteroatoms. The average molecular weight is 234 g/mol. The Kier molecular flexibility index (Phi) is 3.13. The van der Waals surface area contributed by atoms with E-state index in [0.717, 1.165) is 0 Å². The molecule has 1 aromatic carbocycles. The lowest BCUT2D eigenvalue weighted by molar-refractivity contribution is 0.243. The Bertz CT molecular complexity index is 478. The highest BCUT2D eigenvalue weighted by Gasteiger charge is 2.07. The van der Waals surface area contributed by atoms with Gasteiger partial charge >= 0.3 is 0 Å². The number of nitrogens with two attached hydrogens (primary N) is 1. The van der Waals surface area contributed by atoms with Gasteiger partial charge in [-0.05, 0) is 29.4 Å². The Morgan fingerprint density at radius 2 is 2.00 bits per heavy atom. The zero-order valence-electron chi connectivity index (χ0n) is 9.75. The van der Waals surface area contributed by atoms with Crippen LogP contribution in [0.5, 0.6) is 5.75 Å². The predicted octanol–water partition coefficient (Wildman–Crippen LogP) is 1.30. The third-order valence-electron chi connectivity index (χ3n) is 2.10. The standard InChI is InChI=1S/C11H14N4O2/c1-15(2)11-13-10(17-14-11)7-16-9-5-3-8(12)4-6-9/h3-6H,7,12H2,1-2H3. The van der Waals surface area contributed by atoms with Gasteiger partial charge in [-0.25, -0.2) is 0 Å². The van der Waals surface area contributed by atoms with Crippen molar-refractivity contribution in [3.63, 3.8) is 0 Å². The first-order valence-corrected chi connectivity index (χ1v) is 5.13. The Morgan fingerprint density at radius 1 is 1.29 bits per heavy atom. The van der Waals surface area contributed by atoms with Gasteiger partial charge in [0, 0.05) is 19.8 Å². The molecule has 0 spiro atoms. The van der Waals surface area contributed by atoms with Crippen LogP contribution in [0.25, 0.3) is 0 Å². The summed E-state index contributed by atoms with van der Waals surface area (Å²) in [6, 6.07) is 7.12. The number of hydrogen-bond donors (Lipinski definition) is 1. The molecule has 0 bridgehead atoms. The van der Waals surface area contributed by atoms with Gasteiger partial charge in [-0.1, -0.05) is 0 Å². The number of nitrogens with zero attached hydrogens (tertiary/aromatic N) is 3. The molecule has 90 valence electrons. The van der Waals surface area contributed by atoms with Gasteiger partial charge in [0.1, 0.15) is 5.75 Å². The van der Waals surface area contributed by atoms with Gasteiger partial charge in [0.2, 0.25) is 0 Å². The maximum atomic E-state index is 5.57. The van der Waals surface area contributed by atoms with Gasteiger partial charge in [-0.2, -0.15) is 4.98 Å². The number of benzene rings is 1. The van der Waals surface area contributed by atoms with Crippen molar-refractivity contribution in [2.24, 2.45) is 0 Å². The number of rotatable bonds is 4. The number of hydrogen-bond acceptors (Lipinski definition) is 6. The van der Waals surface area contributed by atoms with Crippen molar-refractivity contribution in [3.05, 3.63) is 30.2 Å². The molecule has 2 N–H and O–H groups in total. The highest BCUT2D eigenvalue weighted by Crippen LogP contribution is 2.15. The number of aromatic nitrogens is 2. The van der Waals surface area contributed by atoms with Crippen LogP contribution in [-0.4, -0.2) is 24.2 Å². The summed E-state index contributed by atoms with van der Waals surface area (Å²) in [6.07, 6.45) is 0. The fraction of sp³-hybridized carbons (Fsp3) is 0.273. The Labute approximate surface area is 99.0 Å². The fourth-order valence-corrected chi connectivity index (χ4v) is 1.20. The minimum atomic E-state index is 0.241. The second-order valence-corrected chi connectivity index (χ2v) is 3.74. The number of ether oxygens (including phenoxy) is 1. The Hall–Kier alpha value is -2.24. The van der Waals surface area contributed by atoms with Gasteiger partial charge in [0.25, 0.3) is 11.8 Å². The predicted molar refractivity (Wildman–Crippen MR) is 63.8 cm³/mol. The topological polar surface area (TPSA) is 77.4 Å². The van der Waals surface area contributed by atoms with Crippen LogP contribution in [0.2, 0.25) is 0 Å². The van der Waals surface area contributed by atoms with E-state index in [1.54, 1.807) is 29.2 Å². The van der Waals surface area contributed by atoms with E-state index in [2.05, 4.69) is 10.1 Å². The van der Waals surface area contributed by atoms with Gasteiger partial charge in [-0.3, -0.25) is 0 Å². The van der Waals surface area contributed by atoms with Crippen molar-refractivity contribution < 1.29 is 9.26 Å². The lowest BCUT2D eigenvalue weighted by atomic mass is 10.3. The van der Waals surface area contributed by atoms with Crippen LogP contribution in [0.3, 0.4) is 0 Å². The molecular formula is C11H14N4O2. The minimum Gasteiger partial charge on any atom is -0.484 e.